The van der Waals surface area contributed by atoms with E-state index in [9.17, 15) is 28.8 Å². The van der Waals surface area contributed by atoms with Crippen LogP contribution in [0.3, 0.4) is 0 Å². The van der Waals surface area contributed by atoms with Gasteiger partial charge in [0.1, 0.15) is 27.3 Å². The SMILES string of the molecule is CC(C)(Br)C(=O)OCC(C)(COC(=O)C(C)(C)Br)C(=O)OCCCOC(=O)CCN1C(=O)[C@@H]2[C@H](C1=O)C1(C)OC2(C)C2CC21. The Balaban J connectivity index is 1.21. The standard InChI is InChI=1S/C30H41Br2NO11/c1-26(2,31)23(37)42-14-28(5,15-43-24(38)27(3,4)32)25(39)41-12-8-11-40-18(34)9-10-33-21(35)19-20(22(33)36)30(7)17-13-16(17)29(19,6)44-30/h16-17,19-20H,8-15H2,1-7H3/t16?,17?,19-,20+,29?,30?. The number of imide groups is 1. The third-order valence-corrected chi connectivity index (χ3v) is 9.81. The molecular formula is C30H41Br2NO11. The summed E-state index contributed by atoms with van der Waals surface area (Å²) >= 11 is 6.41. The summed E-state index contributed by atoms with van der Waals surface area (Å²) in [7, 11) is 0. The van der Waals surface area contributed by atoms with E-state index in [-0.39, 0.29) is 44.4 Å². The first-order valence-corrected chi connectivity index (χ1v) is 16.4. The molecule has 0 aromatic rings. The summed E-state index contributed by atoms with van der Waals surface area (Å²) < 4.78 is 25.4. The van der Waals surface area contributed by atoms with Gasteiger partial charge in [0.15, 0.2) is 0 Å². The molecule has 0 aromatic carbocycles. The fourth-order valence-electron chi connectivity index (χ4n) is 6.59. The van der Waals surface area contributed by atoms with Crippen molar-refractivity contribution in [1.82, 2.24) is 4.90 Å². The van der Waals surface area contributed by atoms with Crippen molar-refractivity contribution in [2.45, 2.75) is 87.6 Å². The van der Waals surface area contributed by atoms with E-state index in [1.54, 1.807) is 27.7 Å². The van der Waals surface area contributed by atoms with Gasteiger partial charge in [0, 0.05) is 13.0 Å². The number of rotatable bonds is 14. The quantitative estimate of drug-likeness (QED) is 0.0847. The minimum absolute atomic E-state index is 0.0633. The normalized spacial score (nSPS) is 30.5. The highest BCUT2D eigenvalue weighted by Gasteiger charge is 2.83. The van der Waals surface area contributed by atoms with Gasteiger partial charge in [-0.05, 0) is 66.7 Å². The topological polar surface area (TPSA) is 152 Å². The van der Waals surface area contributed by atoms with Crippen molar-refractivity contribution < 1.29 is 52.5 Å². The molecule has 0 spiro atoms. The smallest absolute Gasteiger partial charge is 0.322 e. The molecule has 14 heteroatoms. The second-order valence-corrected chi connectivity index (χ2v) is 17.8. The Morgan fingerprint density at radius 1 is 0.795 bits per heavy atom. The van der Waals surface area contributed by atoms with Gasteiger partial charge in [0.05, 0.1) is 42.7 Å². The number of likely N-dealkylation sites (tertiary alicyclic amines) is 1. The van der Waals surface area contributed by atoms with Crippen molar-refractivity contribution in [2.24, 2.45) is 29.1 Å². The highest BCUT2D eigenvalue weighted by atomic mass is 79.9. The zero-order valence-electron chi connectivity index (χ0n) is 26.2. The van der Waals surface area contributed by atoms with E-state index in [0.717, 1.165) is 6.42 Å². The number of ether oxygens (including phenoxy) is 5. The molecule has 2 bridgehead atoms. The predicted molar refractivity (Wildman–Crippen MR) is 160 cm³/mol. The lowest BCUT2D eigenvalue weighted by atomic mass is 9.69. The van der Waals surface area contributed by atoms with Crippen molar-refractivity contribution in [3.8, 4) is 0 Å². The van der Waals surface area contributed by atoms with Gasteiger partial charge >= 0.3 is 23.9 Å². The summed E-state index contributed by atoms with van der Waals surface area (Å²) in [4.78, 5) is 77.4. The Morgan fingerprint density at radius 2 is 1.25 bits per heavy atom. The minimum Gasteiger partial charge on any atom is -0.465 e. The van der Waals surface area contributed by atoms with Crippen LogP contribution < -0.4 is 0 Å². The van der Waals surface area contributed by atoms with Crippen molar-refractivity contribution in [2.75, 3.05) is 33.0 Å². The van der Waals surface area contributed by atoms with E-state index >= 15 is 0 Å². The predicted octanol–water partition coefficient (Wildman–Crippen LogP) is 3.09. The highest BCUT2D eigenvalue weighted by Crippen LogP contribution is 2.74. The van der Waals surface area contributed by atoms with Crippen molar-refractivity contribution >= 4 is 67.6 Å². The summed E-state index contributed by atoms with van der Waals surface area (Å²) in [5, 5.41) is 0. The number of carbonyl (C=O) groups excluding carboxylic acids is 6. The molecule has 3 saturated heterocycles. The van der Waals surface area contributed by atoms with Crippen LogP contribution in [0.15, 0.2) is 0 Å². The summed E-state index contributed by atoms with van der Waals surface area (Å²) in [5.41, 5.74) is -2.75. The van der Waals surface area contributed by atoms with Gasteiger partial charge in [-0.3, -0.25) is 33.7 Å². The molecule has 4 rings (SSSR count). The molecule has 4 aliphatic rings. The lowest BCUT2D eigenvalue weighted by Gasteiger charge is -2.28. The van der Waals surface area contributed by atoms with Crippen LogP contribution in [0.5, 0.6) is 0 Å². The van der Waals surface area contributed by atoms with Gasteiger partial charge in [0.2, 0.25) is 11.8 Å². The van der Waals surface area contributed by atoms with Crippen molar-refractivity contribution in [3.05, 3.63) is 0 Å². The summed E-state index contributed by atoms with van der Waals surface area (Å²) in [6.07, 6.45) is 0.992. The molecule has 3 heterocycles. The van der Waals surface area contributed by atoms with Crippen molar-refractivity contribution in [3.63, 3.8) is 0 Å². The van der Waals surface area contributed by atoms with Gasteiger partial charge in [-0.2, -0.15) is 0 Å². The number of hydrogen-bond acceptors (Lipinski definition) is 11. The maximum atomic E-state index is 13.2. The number of amides is 2. The van der Waals surface area contributed by atoms with E-state index in [2.05, 4.69) is 31.9 Å². The van der Waals surface area contributed by atoms with Crippen LogP contribution in [0.4, 0.5) is 0 Å². The zero-order valence-corrected chi connectivity index (χ0v) is 29.3. The van der Waals surface area contributed by atoms with Crippen LogP contribution in [-0.4, -0.2) is 93.4 Å². The molecule has 0 radical (unpaired) electrons. The Hall–Kier alpha value is -2.06. The molecule has 1 saturated carbocycles. The Labute approximate surface area is 273 Å². The van der Waals surface area contributed by atoms with Crippen LogP contribution in [-0.2, 0) is 52.5 Å². The number of esters is 4. The first-order chi connectivity index (χ1) is 20.2. The monoisotopic (exact) mass is 749 g/mol. The maximum Gasteiger partial charge on any atom is 0.322 e. The highest BCUT2D eigenvalue weighted by molar-refractivity contribution is 9.10. The Kier molecular flexibility index (Phi) is 9.45. The lowest BCUT2D eigenvalue weighted by molar-refractivity contribution is -0.171. The Morgan fingerprint density at radius 3 is 1.70 bits per heavy atom. The number of alkyl halides is 2. The number of fused-ring (bicyclic) bond motifs is 8. The first kappa shape index (κ1) is 34.8. The molecule has 246 valence electrons. The van der Waals surface area contributed by atoms with Gasteiger partial charge < -0.3 is 23.7 Å². The van der Waals surface area contributed by atoms with E-state index < -0.39 is 74.2 Å². The van der Waals surface area contributed by atoms with Crippen LogP contribution in [0.2, 0.25) is 0 Å². The molecule has 3 aliphatic heterocycles. The second kappa shape index (κ2) is 11.9. The molecular weight excluding hydrogens is 710 g/mol. The van der Waals surface area contributed by atoms with Crippen LogP contribution in [0, 0.1) is 29.1 Å². The molecule has 4 unspecified atom stereocenters. The van der Waals surface area contributed by atoms with Crippen LogP contribution in [0.1, 0.15) is 67.7 Å². The summed E-state index contributed by atoms with van der Waals surface area (Å²) in [5.74, 6) is -3.57. The van der Waals surface area contributed by atoms with Gasteiger partial charge in [0.25, 0.3) is 0 Å². The van der Waals surface area contributed by atoms with Crippen LogP contribution >= 0.6 is 31.9 Å². The molecule has 44 heavy (non-hydrogen) atoms. The average Bonchev–Trinajstić information content (AvgIpc) is 3.60. The molecule has 2 amide bonds. The van der Waals surface area contributed by atoms with E-state index in [0.29, 0.717) is 11.8 Å². The van der Waals surface area contributed by atoms with Gasteiger partial charge in [-0.25, -0.2) is 0 Å². The number of carbonyl (C=O) groups is 6. The van der Waals surface area contributed by atoms with Gasteiger partial charge in [-0.1, -0.05) is 31.9 Å². The third-order valence-electron chi connectivity index (χ3n) is 9.17. The third kappa shape index (κ3) is 6.44. The first-order valence-electron chi connectivity index (χ1n) is 14.8. The molecule has 6 atom stereocenters. The van der Waals surface area contributed by atoms with Crippen LogP contribution in [0.25, 0.3) is 0 Å². The zero-order chi connectivity index (χ0) is 33.0. The molecule has 4 fully saturated rings. The fourth-order valence-corrected chi connectivity index (χ4v) is 6.82. The van der Waals surface area contributed by atoms with Gasteiger partial charge in [-0.15, -0.1) is 0 Å². The minimum atomic E-state index is -1.50. The van der Waals surface area contributed by atoms with E-state index in [4.69, 9.17) is 23.7 Å². The maximum absolute atomic E-state index is 13.2. The summed E-state index contributed by atoms with van der Waals surface area (Å²) in [6, 6.07) is 0. The second-order valence-electron chi connectivity index (χ2n) is 13.8. The lowest BCUT2D eigenvalue weighted by Crippen LogP contribution is -2.43. The average molecular weight is 751 g/mol. The largest absolute Gasteiger partial charge is 0.465 e. The summed E-state index contributed by atoms with van der Waals surface area (Å²) in [6.45, 7) is 10.6. The molecule has 0 N–H and O–H groups in total. The number of halogens is 2. The van der Waals surface area contributed by atoms with Crippen molar-refractivity contribution in [1.29, 1.82) is 0 Å². The molecule has 0 aromatic heterocycles. The fraction of sp³-hybridized carbons (Fsp3) is 0.800. The van der Waals surface area contributed by atoms with E-state index in [1.807, 2.05) is 13.8 Å². The number of nitrogens with zero attached hydrogens (tertiary/aromatic N) is 1. The number of hydrogen-bond donors (Lipinski definition) is 0. The Bertz CT molecular complexity index is 1170. The molecule has 1 aliphatic carbocycles. The van der Waals surface area contributed by atoms with E-state index in [1.165, 1.54) is 11.8 Å². The molecule has 12 nitrogen and oxygen atoms in total.